The second-order valence-electron chi connectivity index (χ2n) is 7.03. The Balaban J connectivity index is 1.54. The molecule has 2 amide bonds. The lowest BCUT2D eigenvalue weighted by atomic mass is 10.0. The maximum absolute atomic E-state index is 12.7. The SMILES string of the molecule is CC(=O)N1CC(CNC(=O)c2cc(-c3ccccc3)n(-c3ccccc3)n2)C1. The monoisotopic (exact) mass is 374 g/mol. The van der Waals surface area contributed by atoms with E-state index in [1.54, 1.807) is 16.5 Å². The van der Waals surface area contributed by atoms with Gasteiger partial charge in [0.1, 0.15) is 0 Å². The van der Waals surface area contributed by atoms with Gasteiger partial charge in [-0.3, -0.25) is 9.59 Å². The van der Waals surface area contributed by atoms with E-state index in [4.69, 9.17) is 0 Å². The Morgan fingerprint density at radius 1 is 1.04 bits per heavy atom. The molecule has 3 aromatic rings. The molecule has 0 bridgehead atoms. The number of likely N-dealkylation sites (tertiary alicyclic amines) is 1. The zero-order valence-corrected chi connectivity index (χ0v) is 15.7. The molecule has 1 fully saturated rings. The smallest absolute Gasteiger partial charge is 0.271 e. The summed E-state index contributed by atoms with van der Waals surface area (Å²) in [5.41, 5.74) is 3.14. The molecule has 2 heterocycles. The molecule has 6 heteroatoms. The molecule has 4 rings (SSSR count). The molecule has 1 saturated heterocycles. The Labute approximate surface area is 163 Å². The lowest BCUT2D eigenvalue weighted by Gasteiger charge is -2.38. The van der Waals surface area contributed by atoms with Gasteiger partial charge in [-0.2, -0.15) is 5.10 Å². The second kappa shape index (κ2) is 7.68. The van der Waals surface area contributed by atoms with Crippen molar-refractivity contribution in [3.8, 4) is 16.9 Å². The molecule has 28 heavy (non-hydrogen) atoms. The minimum atomic E-state index is -0.201. The summed E-state index contributed by atoms with van der Waals surface area (Å²) in [6.07, 6.45) is 0. The number of carbonyl (C=O) groups excluding carboxylic acids is 2. The number of aromatic nitrogens is 2. The van der Waals surface area contributed by atoms with Crippen LogP contribution in [0.15, 0.2) is 66.7 Å². The molecule has 0 unspecified atom stereocenters. The summed E-state index contributed by atoms with van der Waals surface area (Å²) in [5, 5.41) is 7.51. The summed E-state index contributed by atoms with van der Waals surface area (Å²) in [6, 6.07) is 21.5. The minimum Gasteiger partial charge on any atom is -0.350 e. The summed E-state index contributed by atoms with van der Waals surface area (Å²) in [4.78, 5) is 25.7. The molecule has 142 valence electrons. The molecule has 6 nitrogen and oxygen atoms in total. The second-order valence-corrected chi connectivity index (χ2v) is 7.03. The Kier molecular flexibility index (Phi) is 4.93. The molecule has 0 saturated carbocycles. The van der Waals surface area contributed by atoms with E-state index in [-0.39, 0.29) is 11.8 Å². The Hall–Kier alpha value is -3.41. The van der Waals surface area contributed by atoms with Crippen LogP contribution in [0.1, 0.15) is 17.4 Å². The molecule has 1 aliphatic heterocycles. The molecule has 0 spiro atoms. The first kappa shape index (κ1) is 18.0. The molecular weight excluding hydrogens is 352 g/mol. The van der Waals surface area contributed by atoms with Crippen molar-refractivity contribution in [1.29, 1.82) is 0 Å². The van der Waals surface area contributed by atoms with Gasteiger partial charge in [0, 0.05) is 38.0 Å². The van der Waals surface area contributed by atoms with Crippen molar-refractivity contribution in [1.82, 2.24) is 20.0 Å². The maximum Gasteiger partial charge on any atom is 0.271 e. The van der Waals surface area contributed by atoms with Crippen LogP contribution >= 0.6 is 0 Å². The maximum atomic E-state index is 12.7. The summed E-state index contributed by atoms with van der Waals surface area (Å²) in [6.45, 7) is 3.50. The molecule has 0 aliphatic carbocycles. The van der Waals surface area contributed by atoms with Gasteiger partial charge in [-0.15, -0.1) is 0 Å². The van der Waals surface area contributed by atoms with Crippen molar-refractivity contribution in [2.75, 3.05) is 19.6 Å². The van der Waals surface area contributed by atoms with E-state index < -0.39 is 0 Å². The number of para-hydroxylation sites is 1. The van der Waals surface area contributed by atoms with Crippen LogP contribution in [0.4, 0.5) is 0 Å². The molecular formula is C22H22N4O2. The van der Waals surface area contributed by atoms with Gasteiger partial charge in [-0.05, 0) is 18.2 Å². The summed E-state index contributed by atoms with van der Waals surface area (Å²) in [7, 11) is 0. The zero-order chi connectivity index (χ0) is 19.5. The van der Waals surface area contributed by atoms with Gasteiger partial charge in [0.05, 0.1) is 11.4 Å². The van der Waals surface area contributed by atoms with E-state index in [9.17, 15) is 9.59 Å². The van der Waals surface area contributed by atoms with Crippen molar-refractivity contribution in [2.45, 2.75) is 6.92 Å². The average molecular weight is 374 g/mol. The lowest BCUT2D eigenvalue weighted by Crippen LogP contribution is -2.53. The summed E-state index contributed by atoms with van der Waals surface area (Å²) >= 11 is 0. The fraction of sp³-hybridized carbons (Fsp3) is 0.227. The highest BCUT2D eigenvalue weighted by atomic mass is 16.2. The van der Waals surface area contributed by atoms with Gasteiger partial charge in [-0.1, -0.05) is 48.5 Å². The Morgan fingerprint density at radius 3 is 2.32 bits per heavy atom. The standard InChI is InChI=1S/C22H22N4O2/c1-16(27)25-14-17(15-25)13-23-22(28)20-12-21(18-8-4-2-5-9-18)26(24-20)19-10-6-3-7-11-19/h2-12,17H,13-15H2,1H3,(H,23,28). The number of hydrogen-bond acceptors (Lipinski definition) is 3. The van der Waals surface area contributed by atoms with Crippen LogP contribution < -0.4 is 5.32 Å². The first-order chi connectivity index (χ1) is 13.6. The number of rotatable bonds is 5. The first-order valence-corrected chi connectivity index (χ1v) is 9.36. The van der Waals surface area contributed by atoms with Crippen molar-refractivity contribution in [3.63, 3.8) is 0 Å². The normalized spacial score (nSPS) is 13.8. The zero-order valence-electron chi connectivity index (χ0n) is 15.7. The van der Waals surface area contributed by atoms with E-state index in [0.29, 0.717) is 31.2 Å². The van der Waals surface area contributed by atoms with E-state index in [0.717, 1.165) is 16.9 Å². The third-order valence-electron chi connectivity index (χ3n) is 4.97. The average Bonchev–Trinajstić information content (AvgIpc) is 3.13. The fourth-order valence-corrected chi connectivity index (χ4v) is 3.36. The molecule has 2 aromatic carbocycles. The van der Waals surface area contributed by atoms with Gasteiger partial charge >= 0.3 is 0 Å². The number of hydrogen-bond donors (Lipinski definition) is 1. The van der Waals surface area contributed by atoms with Crippen LogP contribution in [0, 0.1) is 5.92 Å². The van der Waals surface area contributed by atoms with Crippen LogP contribution in [0.2, 0.25) is 0 Å². The molecule has 1 aromatic heterocycles. The molecule has 1 aliphatic rings. The fourth-order valence-electron chi connectivity index (χ4n) is 3.36. The lowest BCUT2D eigenvalue weighted by molar-refractivity contribution is -0.134. The van der Waals surface area contributed by atoms with E-state index in [2.05, 4.69) is 10.4 Å². The van der Waals surface area contributed by atoms with Gasteiger partial charge < -0.3 is 10.2 Å². The number of nitrogens with one attached hydrogen (secondary N) is 1. The first-order valence-electron chi connectivity index (χ1n) is 9.36. The molecule has 0 atom stereocenters. The summed E-state index contributed by atoms with van der Waals surface area (Å²) in [5.74, 6) is 0.183. The molecule has 1 N–H and O–H groups in total. The predicted molar refractivity (Wildman–Crippen MR) is 107 cm³/mol. The quantitative estimate of drug-likeness (QED) is 0.747. The van der Waals surface area contributed by atoms with Gasteiger partial charge in [0.15, 0.2) is 5.69 Å². The van der Waals surface area contributed by atoms with Crippen molar-refractivity contribution in [2.24, 2.45) is 5.92 Å². The van der Waals surface area contributed by atoms with Crippen molar-refractivity contribution >= 4 is 11.8 Å². The van der Waals surface area contributed by atoms with Gasteiger partial charge in [0.25, 0.3) is 5.91 Å². The Morgan fingerprint density at radius 2 is 1.68 bits per heavy atom. The van der Waals surface area contributed by atoms with Gasteiger partial charge in [-0.25, -0.2) is 4.68 Å². The van der Waals surface area contributed by atoms with Crippen LogP contribution in [-0.2, 0) is 4.79 Å². The summed E-state index contributed by atoms with van der Waals surface area (Å²) < 4.78 is 1.80. The molecule has 0 radical (unpaired) electrons. The van der Waals surface area contributed by atoms with Crippen LogP contribution in [0.3, 0.4) is 0 Å². The van der Waals surface area contributed by atoms with Crippen molar-refractivity contribution in [3.05, 3.63) is 72.4 Å². The van der Waals surface area contributed by atoms with E-state index >= 15 is 0 Å². The minimum absolute atomic E-state index is 0.0803. The van der Waals surface area contributed by atoms with Gasteiger partial charge in [0.2, 0.25) is 5.91 Å². The van der Waals surface area contributed by atoms with E-state index in [1.165, 1.54) is 0 Å². The largest absolute Gasteiger partial charge is 0.350 e. The van der Waals surface area contributed by atoms with E-state index in [1.807, 2.05) is 66.7 Å². The Bertz CT molecular complexity index is 919. The number of nitrogens with zero attached hydrogens (tertiary/aromatic N) is 3. The van der Waals surface area contributed by atoms with Crippen molar-refractivity contribution < 1.29 is 9.59 Å². The number of amides is 2. The third-order valence-corrected chi connectivity index (χ3v) is 4.97. The highest BCUT2D eigenvalue weighted by molar-refractivity contribution is 5.93. The topological polar surface area (TPSA) is 67.2 Å². The highest BCUT2D eigenvalue weighted by Crippen LogP contribution is 2.24. The van der Waals surface area contributed by atoms with Crippen LogP contribution in [0.5, 0.6) is 0 Å². The number of benzene rings is 2. The highest BCUT2D eigenvalue weighted by Gasteiger charge is 2.29. The van der Waals surface area contributed by atoms with Crippen LogP contribution in [-0.4, -0.2) is 46.1 Å². The predicted octanol–water partition coefficient (Wildman–Crippen LogP) is 2.75. The number of carbonyl (C=O) groups is 2. The van der Waals surface area contributed by atoms with Crippen LogP contribution in [0.25, 0.3) is 16.9 Å². The third kappa shape index (κ3) is 3.67.